The van der Waals surface area contributed by atoms with E-state index in [4.69, 9.17) is 20.4 Å². The molecule has 20 heavy (non-hydrogen) atoms. The molecule has 6 heteroatoms. The summed E-state index contributed by atoms with van der Waals surface area (Å²) in [5, 5.41) is 12.0. The van der Waals surface area contributed by atoms with Crippen molar-refractivity contribution in [3.05, 3.63) is 23.8 Å². The van der Waals surface area contributed by atoms with Crippen LogP contribution >= 0.6 is 0 Å². The van der Waals surface area contributed by atoms with Crippen LogP contribution in [0.3, 0.4) is 0 Å². The molecule has 110 valence electrons. The standard InChI is InChI=1S/C14H21N3O3/c1-19-10-5-7-17(8-6-10)13-9-11(20-2)3-4-12(13)14(15)16-18/h3-4,9-10,18H,5-8H2,1-2H3,(H2,15,16). The van der Waals surface area contributed by atoms with Gasteiger partial charge in [0.2, 0.25) is 0 Å². The first-order chi connectivity index (χ1) is 9.69. The first-order valence-electron chi connectivity index (χ1n) is 6.63. The number of benzene rings is 1. The van der Waals surface area contributed by atoms with E-state index in [1.807, 2.05) is 12.1 Å². The number of methoxy groups -OCH3 is 2. The first-order valence-corrected chi connectivity index (χ1v) is 6.63. The molecule has 2 rings (SSSR count). The third-order valence-corrected chi connectivity index (χ3v) is 3.70. The normalized spacial score (nSPS) is 17.3. The molecule has 1 aliphatic rings. The van der Waals surface area contributed by atoms with Crippen LogP contribution in [0.25, 0.3) is 0 Å². The number of hydrogen-bond acceptors (Lipinski definition) is 5. The molecule has 6 nitrogen and oxygen atoms in total. The fourth-order valence-electron chi connectivity index (χ4n) is 2.50. The lowest BCUT2D eigenvalue weighted by Gasteiger charge is -2.34. The van der Waals surface area contributed by atoms with Crippen LogP contribution in [0.1, 0.15) is 18.4 Å². The molecular weight excluding hydrogens is 258 g/mol. The number of piperidine rings is 1. The topological polar surface area (TPSA) is 80.3 Å². The number of ether oxygens (including phenoxy) is 2. The SMILES string of the molecule is COc1ccc(/C(N)=N/O)c(N2CCC(OC)CC2)c1. The van der Waals surface area contributed by atoms with Gasteiger partial charge in [-0.3, -0.25) is 0 Å². The summed E-state index contributed by atoms with van der Waals surface area (Å²) in [5.74, 6) is 0.861. The Labute approximate surface area is 118 Å². The lowest BCUT2D eigenvalue weighted by molar-refractivity contribution is 0.0819. The average molecular weight is 279 g/mol. The van der Waals surface area contributed by atoms with Crippen LogP contribution in [0.4, 0.5) is 5.69 Å². The third kappa shape index (κ3) is 2.96. The molecule has 1 aromatic rings. The zero-order valence-electron chi connectivity index (χ0n) is 11.9. The number of oxime groups is 1. The maximum atomic E-state index is 8.91. The second-order valence-corrected chi connectivity index (χ2v) is 4.79. The van der Waals surface area contributed by atoms with E-state index in [-0.39, 0.29) is 5.84 Å². The van der Waals surface area contributed by atoms with Crippen molar-refractivity contribution < 1.29 is 14.7 Å². The van der Waals surface area contributed by atoms with E-state index in [9.17, 15) is 0 Å². The fourth-order valence-corrected chi connectivity index (χ4v) is 2.50. The second-order valence-electron chi connectivity index (χ2n) is 4.79. The Bertz CT molecular complexity index is 483. The predicted molar refractivity (Wildman–Crippen MR) is 77.7 cm³/mol. The minimum Gasteiger partial charge on any atom is -0.497 e. The van der Waals surface area contributed by atoms with Gasteiger partial charge in [0.15, 0.2) is 5.84 Å². The molecule has 1 aliphatic heterocycles. The Morgan fingerprint density at radius 1 is 1.35 bits per heavy atom. The molecule has 1 heterocycles. The largest absolute Gasteiger partial charge is 0.497 e. The molecule has 3 N–H and O–H groups in total. The van der Waals surface area contributed by atoms with Gasteiger partial charge in [0, 0.05) is 31.8 Å². The van der Waals surface area contributed by atoms with Crippen LogP contribution in [0.5, 0.6) is 5.75 Å². The van der Waals surface area contributed by atoms with Crippen molar-refractivity contribution >= 4 is 11.5 Å². The fraction of sp³-hybridized carbons (Fsp3) is 0.500. The van der Waals surface area contributed by atoms with Crippen molar-refractivity contribution in [3.63, 3.8) is 0 Å². The van der Waals surface area contributed by atoms with E-state index in [1.54, 1.807) is 20.3 Å². The Morgan fingerprint density at radius 3 is 2.60 bits per heavy atom. The van der Waals surface area contributed by atoms with E-state index >= 15 is 0 Å². The molecular formula is C14H21N3O3. The summed E-state index contributed by atoms with van der Waals surface area (Å²) in [6.07, 6.45) is 2.23. The Hall–Kier alpha value is -1.95. The summed E-state index contributed by atoms with van der Waals surface area (Å²) >= 11 is 0. The van der Waals surface area contributed by atoms with Gasteiger partial charge in [0.05, 0.1) is 18.9 Å². The molecule has 0 aliphatic carbocycles. The van der Waals surface area contributed by atoms with Crippen molar-refractivity contribution in [1.82, 2.24) is 0 Å². The lowest BCUT2D eigenvalue weighted by atomic mass is 10.0. The van der Waals surface area contributed by atoms with Crippen LogP contribution in [-0.4, -0.2) is 44.5 Å². The summed E-state index contributed by atoms with van der Waals surface area (Å²) in [6.45, 7) is 1.74. The van der Waals surface area contributed by atoms with Crippen molar-refractivity contribution in [1.29, 1.82) is 0 Å². The van der Waals surface area contributed by atoms with Crippen LogP contribution in [0.2, 0.25) is 0 Å². The zero-order valence-corrected chi connectivity index (χ0v) is 11.9. The van der Waals surface area contributed by atoms with Crippen molar-refractivity contribution in [2.75, 3.05) is 32.2 Å². The summed E-state index contributed by atoms with van der Waals surface area (Å²) in [4.78, 5) is 2.21. The maximum absolute atomic E-state index is 8.91. The highest BCUT2D eigenvalue weighted by atomic mass is 16.5. The van der Waals surface area contributed by atoms with E-state index in [0.29, 0.717) is 11.7 Å². The molecule has 0 saturated carbocycles. The average Bonchev–Trinajstić information content (AvgIpc) is 2.53. The summed E-state index contributed by atoms with van der Waals surface area (Å²) in [7, 11) is 3.37. The highest BCUT2D eigenvalue weighted by Gasteiger charge is 2.22. The van der Waals surface area contributed by atoms with Gasteiger partial charge in [-0.2, -0.15) is 0 Å². The molecule has 1 fully saturated rings. The molecule has 1 saturated heterocycles. The summed E-state index contributed by atoms with van der Waals surface area (Å²) < 4.78 is 10.6. The van der Waals surface area contributed by atoms with Gasteiger partial charge < -0.3 is 25.3 Å². The van der Waals surface area contributed by atoms with Crippen LogP contribution in [0.15, 0.2) is 23.4 Å². The zero-order chi connectivity index (χ0) is 14.5. The minimum absolute atomic E-state index is 0.108. The number of nitrogens with two attached hydrogens (primary N) is 1. The Kier molecular flexibility index (Phi) is 4.68. The van der Waals surface area contributed by atoms with Crippen molar-refractivity contribution in [2.45, 2.75) is 18.9 Å². The molecule has 0 amide bonds. The predicted octanol–water partition coefficient (Wildman–Crippen LogP) is 1.40. The highest BCUT2D eigenvalue weighted by Crippen LogP contribution is 2.29. The molecule has 0 unspecified atom stereocenters. The monoisotopic (exact) mass is 279 g/mol. The van der Waals surface area contributed by atoms with Gasteiger partial charge in [-0.05, 0) is 25.0 Å². The number of rotatable bonds is 4. The highest BCUT2D eigenvalue weighted by molar-refractivity contribution is 6.02. The van der Waals surface area contributed by atoms with Crippen molar-refractivity contribution in [3.8, 4) is 5.75 Å². The van der Waals surface area contributed by atoms with Gasteiger partial charge in [-0.1, -0.05) is 5.16 Å². The van der Waals surface area contributed by atoms with E-state index in [0.717, 1.165) is 37.4 Å². The van der Waals surface area contributed by atoms with Crippen LogP contribution < -0.4 is 15.4 Å². The minimum atomic E-state index is 0.108. The molecule has 0 radical (unpaired) electrons. The number of hydrogen-bond donors (Lipinski definition) is 2. The van der Waals surface area contributed by atoms with Gasteiger partial charge >= 0.3 is 0 Å². The maximum Gasteiger partial charge on any atom is 0.172 e. The number of nitrogens with zero attached hydrogens (tertiary/aromatic N) is 2. The molecule has 0 aromatic heterocycles. The first kappa shape index (κ1) is 14.5. The Morgan fingerprint density at radius 2 is 2.05 bits per heavy atom. The van der Waals surface area contributed by atoms with E-state index in [2.05, 4.69) is 10.1 Å². The molecule has 1 aromatic carbocycles. The number of anilines is 1. The smallest absolute Gasteiger partial charge is 0.172 e. The second kappa shape index (κ2) is 6.47. The van der Waals surface area contributed by atoms with Gasteiger partial charge in [0.1, 0.15) is 5.75 Å². The Balaban J connectivity index is 2.29. The van der Waals surface area contributed by atoms with Crippen LogP contribution in [0, 0.1) is 0 Å². The quantitative estimate of drug-likeness (QED) is 0.377. The lowest BCUT2D eigenvalue weighted by Crippen LogP contribution is -2.37. The molecule has 0 atom stereocenters. The van der Waals surface area contributed by atoms with Crippen LogP contribution in [-0.2, 0) is 4.74 Å². The van der Waals surface area contributed by atoms with E-state index < -0.39 is 0 Å². The van der Waals surface area contributed by atoms with Crippen molar-refractivity contribution in [2.24, 2.45) is 10.9 Å². The molecule has 0 bridgehead atoms. The van der Waals surface area contributed by atoms with E-state index in [1.165, 1.54) is 0 Å². The summed E-state index contributed by atoms with van der Waals surface area (Å²) in [6, 6.07) is 5.53. The van der Waals surface area contributed by atoms with Gasteiger partial charge in [0.25, 0.3) is 0 Å². The summed E-state index contributed by atoms with van der Waals surface area (Å²) in [5.41, 5.74) is 7.39. The third-order valence-electron chi connectivity index (χ3n) is 3.70. The van der Waals surface area contributed by atoms with Gasteiger partial charge in [-0.15, -0.1) is 0 Å². The van der Waals surface area contributed by atoms with Gasteiger partial charge in [-0.25, -0.2) is 0 Å². The molecule has 0 spiro atoms. The number of amidine groups is 1.